The zero-order chi connectivity index (χ0) is 38.0. The molecular weight excluding hydrogens is 687 g/mol. The average molecular weight is 726 g/mol. The van der Waals surface area contributed by atoms with Gasteiger partial charge in [0.15, 0.2) is 0 Å². The number of anilines is 3. The highest BCUT2D eigenvalue weighted by Crippen LogP contribution is 2.45. The predicted molar refractivity (Wildman–Crippen MR) is 243 cm³/mol. The number of fused-ring (bicyclic) bond motifs is 2. The summed E-state index contributed by atoms with van der Waals surface area (Å²) in [5.41, 5.74) is 15.2. The van der Waals surface area contributed by atoms with Crippen LogP contribution in [-0.2, 0) is 0 Å². The molecule has 1 nitrogen and oxygen atoms in total. The Labute approximate surface area is 334 Å². The monoisotopic (exact) mass is 725 g/mol. The molecule has 0 unspecified atom stereocenters. The van der Waals surface area contributed by atoms with E-state index in [1.165, 1.54) is 71.6 Å². The van der Waals surface area contributed by atoms with Crippen molar-refractivity contribution in [2.75, 3.05) is 4.90 Å². The van der Waals surface area contributed by atoms with Gasteiger partial charge in [-0.2, -0.15) is 0 Å². The summed E-state index contributed by atoms with van der Waals surface area (Å²) < 4.78 is 0. The van der Waals surface area contributed by atoms with Crippen LogP contribution in [0.1, 0.15) is 0 Å². The van der Waals surface area contributed by atoms with Crippen molar-refractivity contribution in [3.05, 3.63) is 237 Å². The molecule has 0 saturated carbocycles. The van der Waals surface area contributed by atoms with Gasteiger partial charge in [-0.3, -0.25) is 0 Å². The first-order valence-corrected chi connectivity index (χ1v) is 19.6. The van der Waals surface area contributed by atoms with Crippen LogP contribution in [0.2, 0.25) is 0 Å². The van der Waals surface area contributed by atoms with E-state index in [-0.39, 0.29) is 0 Å². The summed E-state index contributed by atoms with van der Waals surface area (Å²) in [4.78, 5) is 2.43. The zero-order valence-corrected chi connectivity index (χ0v) is 31.5. The molecule has 0 radical (unpaired) electrons. The minimum atomic E-state index is 1.09. The van der Waals surface area contributed by atoms with Crippen molar-refractivity contribution < 1.29 is 0 Å². The third kappa shape index (κ3) is 6.66. The molecule has 57 heavy (non-hydrogen) atoms. The van der Waals surface area contributed by atoms with Gasteiger partial charge in [0.25, 0.3) is 0 Å². The molecular formula is C56H39N. The van der Waals surface area contributed by atoms with Gasteiger partial charge in [0.05, 0.1) is 5.69 Å². The largest absolute Gasteiger partial charge is 0.310 e. The highest BCUT2D eigenvalue weighted by molar-refractivity contribution is 6.00. The van der Waals surface area contributed by atoms with Crippen molar-refractivity contribution >= 4 is 38.6 Å². The first kappa shape index (κ1) is 34.0. The number of nitrogens with zero attached hydrogens (tertiary/aromatic N) is 1. The van der Waals surface area contributed by atoms with Crippen LogP contribution in [0, 0.1) is 0 Å². The van der Waals surface area contributed by atoms with Gasteiger partial charge in [0.1, 0.15) is 0 Å². The second-order valence-electron chi connectivity index (χ2n) is 14.5. The van der Waals surface area contributed by atoms with E-state index in [1.807, 2.05) is 0 Å². The van der Waals surface area contributed by atoms with Gasteiger partial charge in [-0.15, -0.1) is 0 Å². The standard InChI is InChI=1S/C56H39N/c1-3-14-40(15-4-1)47-22-11-23-50(38-47)57(49-35-32-42(33-36-49)41-28-30-46(31-29-41)53-26-12-20-43-18-7-9-24-51(43)53)56-39-48(34-37-55(56)45-16-5-2-6-17-45)54-27-13-21-44-19-8-10-25-52(44)54/h1-39H. The molecule has 0 aliphatic heterocycles. The van der Waals surface area contributed by atoms with Crippen molar-refractivity contribution in [3.63, 3.8) is 0 Å². The fourth-order valence-electron chi connectivity index (χ4n) is 8.23. The van der Waals surface area contributed by atoms with Crippen LogP contribution >= 0.6 is 0 Å². The molecule has 0 saturated heterocycles. The van der Waals surface area contributed by atoms with E-state index in [9.17, 15) is 0 Å². The minimum Gasteiger partial charge on any atom is -0.310 e. The second-order valence-corrected chi connectivity index (χ2v) is 14.5. The first-order valence-electron chi connectivity index (χ1n) is 19.6. The maximum Gasteiger partial charge on any atom is 0.0546 e. The van der Waals surface area contributed by atoms with E-state index >= 15 is 0 Å². The molecule has 1 heteroatoms. The van der Waals surface area contributed by atoms with E-state index in [2.05, 4.69) is 241 Å². The Hall–Kier alpha value is -7.48. The maximum absolute atomic E-state index is 2.43. The smallest absolute Gasteiger partial charge is 0.0546 e. The lowest BCUT2D eigenvalue weighted by atomic mass is 9.93. The molecule has 0 amide bonds. The van der Waals surface area contributed by atoms with Crippen LogP contribution < -0.4 is 4.90 Å². The van der Waals surface area contributed by atoms with Crippen LogP contribution in [-0.4, -0.2) is 0 Å². The van der Waals surface area contributed by atoms with Gasteiger partial charge in [0.2, 0.25) is 0 Å². The Morgan fingerprint density at radius 2 is 0.667 bits per heavy atom. The van der Waals surface area contributed by atoms with Gasteiger partial charge in [0, 0.05) is 16.9 Å². The Bertz CT molecular complexity index is 2970. The molecule has 10 aromatic rings. The molecule has 0 aromatic heterocycles. The molecule has 0 bridgehead atoms. The van der Waals surface area contributed by atoms with Crippen molar-refractivity contribution in [2.45, 2.75) is 0 Å². The van der Waals surface area contributed by atoms with Crippen molar-refractivity contribution in [3.8, 4) is 55.6 Å². The highest BCUT2D eigenvalue weighted by Gasteiger charge is 2.20. The van der Waals surface area contributed by atoms with Gasteiger partial charge in [-0.1, -0.05) is 206 Å². The van der Waals surface area contributed by atoms with Gasteiger partial charge in [-0.25, -0.2) is 0 Å². The number of hydrogen-bond acceptors (Lipinski definition) is 1. The highest BCUT2D eigenvalue weighted by atomic mass is 15.1. The fraction of sp³-hybridized carbons (Fsp3) is 0. The second kappa shape index (κ2) is 15.0. The van der Waals surface area contributed by atoms with E-state index in [0.717, 1.165) is 22.6 Å². The summed E-state index contributed by atoms with van der Waals surface area (Å²) in [6.45, 7) is 0. The van der Waals surface area contributed by atoms with Crippen molar-refractivity contribution in [1.82, 2.24) is 0 Å². The molecule has 0 heterocycles. The molecule has 0 atom stereocenters. The van der Waals surface area contributed by atoms with E-state index in [0.29, 0.717) is 0 Å². The SMILES string of the molecule is c1ccc(-c2cccc(N(c3ccc(-c4ccc(-c5cccc6ccccc56)cc4)cc3)c3cc(-c4cccc5ccccc45)ccc3-c3ccccc3)c2)cc1. The normalized spacial score (nSPS) is 11.2. The molecule has 0 aliphatic carbocycles. The summed E-state index contributed by atoms with van der Waals surface area (Å²) >= 11 is 0. The average Bonchev–Trinajstić information content (AvgIpc) is 3.30. The van der Waals surface area contributed by atoms with Gasteiger partial charge >= 0.3 is 0 Å². The quantitative estimate of drug-likeness (QED) is 0.151. The Balaban J connectivity index is 1.11. The number of hydrogen-bond donors (Lipinski definition) is 0. The minimum absolute atomic E-state index is 1.09. The zero-order valence-electron chi connectivity index (χ0n) is 31.5. The molecule has 0 fully saturated rings. The Kier molecular flexibility index (Phi) is 8.95. The van der Waals surface area contributed by atoms with Crippen molar-refractivity contribution in [2.24, 2.45) is 0 Å². The third-order valence-electron chi connectivity index (χ3n) is 11.1. The lowest BCUT2D eigenvalue weighted by molar-refractivity contribution is 1.28. The first-order chi connectivity index (χ1) is 28.3. The number of benzene rings is 10. The molecule has 10 aromatic carbocycles. The van der Waals surface area contributed by atoms with E-state index in [1.54, 1.807) is 0 Å². The summed E-state index contributed by atoms with van der Waals surface area (Å²) in [5, 5.41) is 5.00. The Morgan fingerprint density at radius 3 is 1.32 bits per heavy atom. The van der Waals surface area contributed by atoms with Crippen LogP contribution in [0.15, 0.2) is 237 Å². The Morgan fingerprint density at radius 1 is 0.228 bits per heavy atom. The van der Waals surface area contributed by atoms with Gasteiger partial charge in [-0.05, 0) is 102 Å². The van der Waals surface area contributed by atoms with Crippen LogP contribution in [0.4, 0.5) is 17.1 Å². The van der Waals surface area contributed by atoms with Crippen molar-refractivity contribution in [1.29, 1.82) is 0 Å². The number of rotatable bonds is 8. The van der Waals surface area contributed by atoms with Gasteiger partial charge < -0.3 is 4.90 Å². The van der Waals surface area contributed by atoms with Crippen LogP contribution in [0.5, 0.6) is 0 Å². The molecule has 0 N–H and O–H groups in total. The van der Waals surface area contributed by atoms with Crippen LogP contribution in [0.3, 0.4) is 0 Å². The predicted octanol–water partition coefficient (Wildman–Crippen LogP) is 15.8. The summed E-state index contributed by atoms with van der Waals surface area (Å²) in [5.74, 6) is 0. The molecule has 10 rings (SSSR count). The van der Waals surface area contributed by atoms with E-state index < -0.39 is 0 Å². The van der Waals surface area contributed by atoms with Crippen LogP contribution in [0.25, 0.3) is 77.2 Å². The lowest BCUT2D eigenvalue weighted by Crippen LogP contribution is -2.11. The molecule has 0 spiro atoms. The summed E-state index contributed by atoms with van der Waals surface area (Å²) in [7, 11) is 0. The summed E-state index contributed by atoms with van der Waals surface area (Å²) in [6, 6.07) is 85.7. The molecule has 0 aliphatic rings. The molecule has 268 valence electrons. The maximum atomic E-state index is 2.43. The fourth-order valence-corrected chi connectivity index (χ4v) is 8.23. The third-order valence-corrected chi connectivity index (χ3v) is 11.1. The van der Waals surface area contributed by atoms with E-state index in [4.69, 9.17) is 0 Å². The lowest BCUT2D eigenvalue weighted by Gasteiger charge is -2.29. The summed E-state index contributed by atoms with van der Waals surface area (Å²) in [6.07, 6.45) is 0. The topological polar surface area (TPSA) is 3.24 Å².